The quantitative estimate of drug-likeness (QED) is 0.722. The molecule has 1 aliphatic carbocycles. The lowest BCUT2D eigenvalue weighted by Crippen LogP contribution is -2.50. The molecule has 1 amide bonds. The van der Waals surface area contributed by atoms with Gasteiger partial charge in [-0.05, 0) is 42.5 Å². The molecule has 2 aliphatic rings. The first-order valence-electron chi connectivity index (χ1n) is 9.16. The second kappa shape index (κ2) is 6.27. The molecule has 28 heavy (non-hydrogen) atoms. The Kier molecular flexibility index (Phi) is 3.83. The molecule has 2 aromatic heterocycles. The van der Waals surface area contributed by atoms with E-state index in [4.69, 9.17) is 0 Å². The van der Waals surface area contributed by atoms with Crippen molar-refractivity contribution in [2.45, 2.75) is 38.9 Å². The summed E-state index contributed by atoms with van der Waals surface area (Å²) < 4.78 is 1.78. The highest BCUT2D eigenvalue weighted by atomic mass is 32.1. The zero-order valence-corrected chi connectivity index (χ0v) is 16.1. The van der Waals surface area contributed by atoms with Crippen LogP contribution in [0.2, 0.25) is 0 Å². The number of hydrogen-bond acceptors (Lipinski definition) is 5. The summed E-state index contributed by atoms with van der Waals surface area (Å²) in [6.07, 6.45) is 1.85. The van der Waals surface area contributed by atoms with Gasteiger partial charge in [0.25, 0.3) is 5.91 Å². The predicted octanol–water partition coefficient (Wildman–Crippen LogP) is 2.52. The SMILES string of the molecule is Cc1nnc2n1CC(C(=O)O)N(C(=O)c1cc3c(s1)-c1ccccc1CC3)C2. The van der Waals surface area contributed by atoms with Crippen molar-refractivity contribution in [1.29, 1.82) is 0 Å². The zero-order valence-electron chi connectivity index (χ0n) is 15.3. The summed E-state index contributed by atoms with van der Waals surface area (Å²) in [7, 11) is 0. The standard InChI is InChI=1S/C20H18N4O3S/c1-11-21-22-17-10-24(15(20(26)27)9-23(11)17)19(25)16-8-13-7-6-12-4-2-3-5-14(12)18(13)28-16/h2-5,8,15H,6-7,9-10H2,1H3,(H,26,27). The van der Waals surface area contributed by atoms with Gasteiger partial charge in [0.15, 0.2) is 5.82 Å². The summed E-state index contributed by atoms with van der Waals surface area (Å²) in [5.74, 6) is 0.0153. The summed E-state index contributed by atoms with van der Waals surface area (Å²) in [6.45, 7) is 2.11. The highest BCUT2D eigenvalue weighted by Crippen LogP contribution is 2.40. The lowest BCUT2D eigenvalue weighted by atomic mass is 9.91. The number of aromatic nitrogens is 3. The van der Waals surface area contributed by atoms with E-state index in [-0.39, 0.29) is 19.0 Å². The normalized spacial score (nSPS) is 17.6. The molecule has 3 heterocycles. The third-order valence-electron chi connectivity index (χ3n) is 5.55. The Hall–Kier alpha value is -3.00. The summed E-state index contributed by atoms with van der Waals surface area (Å²) in [5, 5.41) is 17.8. The Labute approximate surface area is 165 Å². The molecule has 5 rings (SSSR count). The molecule has 1 N–H and O–H groups in total. The minimum absolute atomic E-state index is 0.149. The van der Waals surface area contributed by atoms with E-state index >= 15 is 0 Å². The zero-order chi connectivity index (χ0) is 19.4. The van der Waals surface area contributed by atoms with Gasteiger partial charge in [0.2, 0.25) is 0 Å². The largest absolute Gasteiger partial charge is 0.480 e. The Morgan fingerprint density at radius 3 is 2.79 bits per heavy atom. The van der Waals surface area contributed by atoms with Crippen molar-refractivity contribution in [3.8, 4) is 10.4 Å². The van der Waals surface area contributed by atoms with Crippen LogP contribution in [-0.4, -0.2) is 42.7 Å². The van der Waals surface area contributed by atoms with Crippen LogP contribution in [0.15, 0.2) is 30.3 Å². The number of fused-ring (bicyclic) bond motifs is 4. The van der Waals surface area contributed by atoms with Gasteiger partial charge in [-0.15, -0.1) is 21.5 Å². The van der Waals surface area contributed by atoms with Gasteiger partial charge >= 0.3 is 5.97 Å². The van der Waals surface area contributed by atoms with E-state index in [0.717, 1.165) is 23.3 Å². The van der Waals surface area contributed by atoms with Crippen molar-refractivity contribution < 1.29 is 14.7 Å². The number of rotatable bonds is 2. The monoisotopic (exact) mass is 394 g/mol. The van der Waals surface area contributed by atoms with E-state index in [1.807, 2.05) is 18.2 Å². The second-order valence-corrected chi connectivity index (χ2v) is 8.24. The fourth-order valence-electron chi connectivity index (χ4n) is 4.06. The molecule has 0 radical (unpaired) electrons. The molecule has 8 heteroatoms. The van der Waals surface area contributed by atoms with Crippen LogP contribution in [-0.2, 0) is 30.7 Å². The highest BCUT2D eigenvalue weighted by Gasteiger charge is 2.37. The van der Waals surface area contributed by atoms with E-state index < -0.39 is 12.0 Å². The first kappa shape index (κ1) is 17.1. The third-order valence-corrected chi connectivity index (χ3v) is 6.75. The number of carboxylic acids is 1. The molecule has 0 fully saturated rings. The summed E-state index contributed by atoms with van der Waals surface area (Å²) in [6, 6.07) is 9.26. The smallest absolute Gasteiger partial charge is 0.328 e. The fourth-order valence-corrected chi connectivity index (χ4v) is 5.28. The van der Waals surface area contributed by atoms with Crippen molar-refractivity contribution in [1.82, 2.24) is 19.7 Å². The number of carbonyl (C=O) groups is 2. The molecule has 0 bridgehead atoms. The lowest BCUT2D eigenvalue weighted by molar-refractivity contribution is -0.143. The van der Waals surface area contributed by atoms with Gasteiger partial charge in [-0.2, -0.15) is 0 Å². The van der Waals surface area contributed by atoms with Crippen molar-refractivity contribution in [3.05, 3.63) is 58.0 Å². The predicted molar refractivity (Wildman–Crippen MR) is 103 cm³/mol. The Morgan fingerprint density at radius 2 is 1.96 bits per heavy atom. The van der Waals surface area contributed by atoms with Gasteiger partial charge in [-0.1, -0.05) is 24.3 Å². The maximum atomic E-state index is 13.3. The molecule has 3 aromatic rings. The maximum absolute atomic E-state index is 13.3. The minimum Gasteiger partial charge on any atom is -0.480 e. The lowest BCUT2D eigenvalue weighted by Gasteiger charge is -2.33. The number of nitrogens with zero attached hydrogens (tertiary/aromatic N) is 4. The molecule has 1 aliphatic heterocycles. The molecule has 0 saturated heterocycles. The van der Waals surface area contributed by atoms with Crippen LogP contribution in [0.1, 0.15) is 32.4 Å². The summed E-state index contributed by atoms with van der Waals surface area (Å²) >= 11 is 1.45. The summed E-state index contributed by atoms with van der Waals surface area (Å²) in [5.41, 5.74) is 3.63. The van der Waals surface area contributed by atoms with Gasteiger partial charge in [-0.25, -0.2) is 4.79 Å². The van der Waals surface area contributed by atoms with Crippen molar-refractivity contribution >= 4 is 23.2 Å². The van der Waals surface area contributed by atoms with Crippen LogP contribution in [0, 0.1) is 6.92 Å². The first-order valence-corrected chi connectivity index (χ1v) is 9.98. The van der Waals surface area contributed by atoms with Crippen molar-refractivity contribution in [2.75, 3.05) is 0 Å². The molecule has 7 nitrogen and oxygen atoms in total. The number of aryl methyl sites for hydroxylation is 3. The van der Waals surface area contributed by atoms with E-state index in [0.29, 0.717) is 16.5 Å². The maximum Gasteiger partial charge on any atom is 0.328 e. The minimum atomic E-state index is -1.02. The number of thiophene rings is 1. The van der Waals surface area contributed by atoms with Gasteiger partial charge in [0.1, 0.15) is 11.9 Å². The molecule has 1 unspecified atom stereocenters. The van der Waals surface area contributed by atoms with Crippen LogP contribution >= 0.6 is 11.3 Å². The highest BCUT2D eigenvalue weighted by molar-refractivity contribution is 7.17. The van der Waals surface area contributed by atoms with E-state index in [9.17, 15) is 14.7 Å². The number of carboxylic acid groups (broad SMARTS) is 1. The van der Waals surface area contributed by atoms with E-state index in [1.54, 1.807) is 11.5 Å². The molecule has 142 valence electrons. The molecule has 1 atom stereocenters. The number of amides is 1. The third kappa shape index (κ3) is 2.56. The van der Waals surface area contributed by atoms with E-state index in [1.165, 1.54) is 27.4 Å². The van der Waals surface area contributed by atoms with Crippen molar-refractivity contribution in [3.63, 3.8) is 0 Å². The van der Waals surface area contributed by atoms with Crippen LogP contribution in [0.3, 0.4) is 0 Å². The molecule has 0 spiro atoms. The number of carbonyl (C=O) groups excluding carboxylic acids is 1. The van der Waals surface area contributed by atoms with Crippen LogP contribution < -0.4 is 0 Å². The Morgan fingerprint density at radius 1 is 1.18 bits per heavy atom. The van der Waals surface area contributed by atoms with Crippen LogP contribution in [0.5, 0.6) is 0 Å². The Bertz CT molecular complexity index is 1120. The average molecular weight is 394 g/mol. The van der Waals surface area contributed by atoms with Crippen LogP contribution in [0.25, 0.3) is 10.4 Å². The second-order valence-electron chi connectivity index (χ2n) is 7.18. The van der Waals surface area contributed by atoms with E-state index in [2.05, 4.69) is 22.3 Å². The van der Waals surface area contributed by atoms with Gasteiger partial charge < -0.3 is 14.6 Å². The van der Waals surface area contributed by atoms with Crippen LogP contribution in [0.4, 0.5) is 0 Å². The molecular weight excluding hydrogens is 376 g/mol. The first-order chi connectivity index (χ1) is 13.5. The molecule has 0 saturated carbocycles. The van der Waals surface area contributed by atoms with Crippen molar-refractivity contribution in [2.24, 2.45) is 0 Å². The topological polar surface area (TPSA) is 88.3 Å². The fraction of sp³-hybridized carbons (Fsp3) is 0.300. The molecular formula is C20H18N4O3S. The molecule has 1 aromatic carbocycles. The van der Waals surface area contributed by atoms with Gasteiger partial charge in [-0.3, -0.25) is 4.79 Å². The number of benzene rings is 1. The number of hydrogen-bond donors (Lipinski definition) is 1. The average Bonchev–Trinajstić information content (AvgIpc) is 3.30. The Balaban J connectivity index is 1.52. The van der Waals surface area contributed by atoms with Gasteiger partial charge in [0, 0.05) is 4.88 Å². The van der Waals surface area contributed by atoms with Gasteiger partial charge in [0.05, 0.1) is 18.0 Å². The summed E-state index contributed by atoms with van der Waals surface area (Å²) in [4.78, 5) is 28.2. The number of aliphatic carboxylic acids is 1.